The number of carbonyl (C=O) groups is 1. The molecule has 2 rings (SSSR count). The maximum Gasteiger partial charge on any atom is 0.274 e. The van der Waals surface area contributed by atoms with Gasteiger partial charge in [-0.3, -0.25) is 4.79 Å². The summed E-state index contributed by atoms with van der Waals surface area (Å²) >= 11 is 0. The number of nitrogens with zero attached hydrogens (tertiary/aromatic N) is 1. The summed E-state index contributed by atoms with van der Waals surface area (Å²) in [5.41, 5.74) is 4.74. The van der Waals surface area contributed by atoms with Gasteiger partial charge in [-0.15, -0.1) is 0 Å². The number of sulfonamides is 1. The van der Waals surface area contributed by atoms with E-state index in [2.05, 4.69) is 5.43 Å². The lowest BCUT2D eigenvalue weighted by Crippen LogP contribution is -2.45. The smallest absolute Gasteiger partial charge is 0.267 e. The van der Waals surface area contributed by atoms with Crippen LogP contribution in [0, 0.1) is 6.92 Å². The number of amides is 1. The van der Waals surface area contributed by atoms with E-state index in [1.165, 1.54) is 0 Å². The van der Waals surface area contributed by atoms with E-state index in [0.29, 0.717) is 16.8 Å². The molecule has 1 amide bonds. The van der Waals surface area contributed by atoms with Crippen LogP contribution in [-0.4, -0.2) is 18.7 Å². The lowest BCUT2D eigenvalue weighted by Gasteiger charge is -2.26. The van der Waals surface area contributed by atoms with Gasteiger partial charge in [0, 0.05) is 11.3 Å². The largest absolute Gasteiger partial charge is 0.274 e. The van der Waals surface area contributed by atoms with Crippen molar-refractivity contribution in [3.63, 3.8) is 0 Å². The fraction of sp³-hybridized carbons (Fsp3) is 0.214. The second-order valence-corrected chi connectivity index (χ2v) is 6.34. The summed E-state index contributed by atoms with van der Waals surface area (Å²) in [4.78, 5) is 12.2. The van der Waals surface area contributed by atoms with Crippen LogP contribution in [0.25, 0.3) is 0 Å². The molecule has 1 aliphatic rings. The van der Waals surface area contributed by atoms with Gasteiger partial charge in [-0.25, -0.2) is 5.43 Å². The van der Waals surface area contributed by atoms with Gasteiger partial charge in [0.1, 0.15) is 0 Å². The Kier molecular flexibility index (Phi) is 3.67. The van der Waals surface area contributed by atoms with Gasteiger partial charge in [-0.05, 0) is 44.1 Å². The highest BCUT2D eigenvalue weighted by Gasteiger charge is 2.26. The van der Waals surface area contributed by atoms with Crippen LogP contribution in [0.1, 0.15) is 29.8 Å². The van der Waals surface area contributed by atoms with Gasteiger partial charge in [-0.2, -0.15) is 12.8 Å². The van der Waals surface area contributed by atoms with Crippen molar-refractivity contribution >= 4 is 15.9 Å². The molecule has 1 aromatic carbocycles. The van der Waals surface area contributed by atoms with E-state index in [4.69, 9.17) is 0 Å². The summed E-state index contributed by atoms with van der Waals surface area (Å²) in [6.45, 7) is 5.13. The van der Waals surface area contributed by atoms with E-state index in [1.807, 2.05) is 6.07 Å². The molecule has 20 heavy (non-hydrogen) atoms. The first-order chi connectivity index (χ1) is 9.31. The van der Waals surface area contributed by atoms with Crippen molar-refractivity contribution in [2.24, 2.45) is 0 Å². The Morgan fingerprint density at radius 1 is 1.15 bits per heavy atom. The number of benzene rings is 1. The molecule has 0 fully saturated rings. The van der Waals surface area contributed by atoms with Gasteiger partial charge in [0.25, 0.3) is 15.9 Å². The molecule has 106 valence electrons. The van der Waals surface area contributed by atoms with Crippen LogP contribution < -0.4 is 5.43 Å². The molecule has 0 spiro atoms. The number of rotatable bonds is 2. The Bertz CT molecular complexity index is 718. The summed E-state index contributed by atoms with van der Waals surface area (Å²) < 4.78 is 25.0. The number of hydrogen-bond acceptors (Lipinski definition) is 3. The number of allylic oxidation sites excluding steroid dienone is 3. The van der Waals surface area contributed by atoms with Crippen LogP contribution in [0.15, 0.2) is 47.0 Å². The Morgan fingerprint density at radius 2 is 1.80 bits per heavy atom. The first-order valence-corrected chi connectivity index (χ1v) is 7.60. The minimum Gasteiger partial charge on any atom is -0.267 e. The molecule has 0 atom stereocenters. The third kappa shape index (κ3) is 2.75. The second-order valence-electron chi connectivity index (χ2n) is 4.71. The fourth-order valence-corrected chi connectivity index (χ4v) is 3.35. The van der Waals surface area contributed by atoms with Gasteiger partial charge >= 0.3 is 0 Å². The number of nitrogens with one attached hydrogen (secondary N) is 1. The predicted molar refractivity (Wildman–Crippen MR) is 76.9 cm³/mol. The summed E-state index contributed by atoms with van der Waals surface area (Å²) in [6, 6.07) is 7.01. The maximum absolute atomic E-state index is 12.2. The third-order valence-electron chi connectivity index (χ3n) is 2.94. The molecule has 0 radical (unpaired) electrons. The lowest BCUT2D eigenvalue weighted by atomic mass is 10.1. The minimum atomic E-state index is -3.67. The summed E-state index contributed by atoms with van der Waals surface area (Å²) in [5, 5.41) is 1.12. The first kappa shape index (κ1) is 14.3. The van der Waals surface area contributed by atoms with Crippen LogP contribution in [0.2, 0.25) is 0 Å². The highest BCUT2D eigenvalue weighted by atomic mass is 32.2. The molecule has 0 bridgehead atoms. The van der Waals surface area contributed by atoms with Crippen LogP contribution in [-0.2, 0) is 10.0 Å². The van der Waals surface area contributed by atoms with E-state index in [0.717, 1.165) is 15.4 Å². The zero-order valence-electron chi connectivity index (χ0n) is 11.5. The topological polar surface area (TPSA) is 66.5 Å². The normalized spacial score (nSPS) is 17.2. The van der Waals surface area contributed by atoms with Crippen molar-refractivity contribution in [2.75, 3.05) is 0 Å². The summed E-state index contributed by atoms with van der Waals surface area (Å²) in [6.07, 6.45) is 1.69. The molecule has 1 N–H and O–H groups in total. The average Bonchev–Trinajstić information content (AvgIpc) is 2.33. The maximum atomic E-state index is 12.2. The molecule has 0 aliphatic carbocycles. The van der Waals surface area contributed by atoms with E-state index >= 15 is 0 Å². The zero-order valence-corrected chi connectivity index (χ0v) is 12.4. The molecule has 0 saturated carbocycles. The molecule has 1 aromatic rings. The van der Waals surface area contributed by atoms with Crippen LogP contribution in [0.5, 0.6) is 0 Å². The molecule has 1 aliphatic heterocycles. The Balaban J connectivity index is 2.29. The highest BCUT2D eigenvalue weighted by Crippen LogP contribution is 2.19. The molecule has 6 heteroatoms. The zero-order chi connectivity index (χ0) is 14.9. The molecular weight excluding hydrogens is 276 g/mol. The quantitative estimate of drug-likeness (QED) is 0.907. The second kappa shape index (κ2) is 5.13. The summed E-state index contributed by atoms with van der Waals surface area (Å²) in [7, 11) is -3.67. The van der Waals surface area contributed by atoms with Crippen LogP contribution >= 0.6 is 0 Å². The van der Waals surface area contributed by atoms with Crippen molar-refractivity contribution in [2.45, 2.75) is 20.8 Å². The van der Waals surface area contributed by atoms with Crippen molar-refractivity contribution in [1.29, 1.82) is 0 Å². The fourth-order valence-electron chi connectivity index (χ4n) is 2.04. The highest BCUT2D eigenvalue weighted by molar-refractivity contribution is 7.92. The molecular formula is C14H16N2O3S. The standard InChI is InChI=1S/C14H16N2O3S/c1-10-8-12(3)16(20(18,19)9-10)15-14(17)13-7-5-4-6-11(13)2/h4-9H,1-3H3,(H,15,17). The molecule has 0 aromatic heterocycles. The van der Waals surface area contributed by atoms with Crippen molar-refractivity contribution in [3.8, 4) is 0 Å². The van der Waals surface area contributed by atoms with Gasteiger partial charge in [-0.1, -0.05) is 18.2 Å². The predicted octanol–water partition coefficient (Wildman–Crippen LogP) is 2.09. The first-order valence-electron chi connectivity index (χ1n) is 6.10. The van der Waals surface area contributed by atoms with Crippen molar-refractivity contribution < 1.29 is 13.2 Å². The van der Waals surface area contributed by atoms with Crippen LogP contribution in [0.3, 0.4) is 0 Å². The van der Waals surface area contributed by atoms with Gasteiger partial charge in [0.2, 0.25) is 0 Å². The lowest BCUT2D eigenvalue weighted by molar-refractivity contribution is 0.0896. The van der Waals surface area contributed by atoms with Gasteiger partial charge in [0.05, 0.1) is 5.41 Å². The third-order valence-corrected chi connectivity index (χ3v) is 4.50. The minimum absolute atomic E-state index is 0.446. The Labute approximate surface area is 118 Å². The average molecular weight is 292 g/mol. The van der Waals surface area contributed by atoms with E-state index in [-0.39, 0.29) is 0 Å². The SMILES string of the molecule is CC1=CS(=O)(=O)N(NC(=O)c2ccccc2C)C(C)=C1. The van der Waals surface area contributed by atoms with Crippen LogP contribution in [0.4, 0.5) is 0 Å². The number of carbonyl (C=O) groups excluding carboxylic acids is 1. The molecule has 0 saturated heterocycles. The molecule has 1 heterocycles. The number of hydrazine groups is 1. The number of aryl methyl sites for hydroxylation is 1. The Hall–Kier alpha value is -2.08. The van der Waals surface area contributed by atoms with Crippen molar-refractivity contribution in [3.05, 3.63) is 58.1 Å². The van der Waals surface area contributed by atoms with E-state index < -0.39 is 15.9 Å². The number of hydrogen-bond donors (Lipinski definition) is 1. The van der Waals surface area contributed by atoms with E-state index in [9.17, 15) is 13.2 Å². The monoisotopic (exact) mass is 292 g/mol. The van der Waals surface area contributed by atoms with Crippen molar-refractivity contribution in [1.82, 2.24) is 9.84 Å². The molecule has 5 nitrogen and oxygen atoms in total. The van der Waals surface area contributed by atoms with E-state index in [1.54, 1.807) is 45.0 Å². The summed E-state index contributed by atoms with van der Waals surface area (Å²) in [5.74, 6) is -0.452. The Morgan fingerprint density at radius 3 is 2.40 bits per heavy atom. The molecule has 0 unspecified atom stereocenters. The van der Waals surface area contributed by atoms with Gasteiger partial charge in [0.15, 0.2) is 0 Å². The van der Waals surface area contributed by atoms with Gasteiger partial charge < -0.3 is 0 Å².